The number of esters is 1. The molecule has 0 N–H and O–H groups in total. The zero-order valence-electron chi connectivity index (χ0n) is 7.88. The minimum Gasteiger partial charge on any atom is -0.450 e. The summed E-state index contributed by atoms with van der Waals surface area (Å²) in [7, 11) is 2.01. The maximum absolute atomic E-state index is 10.5. The number of rotatable bonds is 3. The molecule has 0 heterocycles. The fourth-order valence-corrected chi connectivity index (χ4v) is 1.64. The molecule has 1 aliphatic rings. The van der Waals surface area contributed by atoms with Gasteiger partial charge in [-0.3, -0.25) is 9.69 Å². The lowest BCUT2D eigenvalue weighted by Gasteiger charge is -2.22. The average Bonchev–Trinajstić information content (AvgIpc) is 2.51. The Labute approximate surface area is 73.7 Å². The van der Waals surface area contributed by atoms with Crippen molar-refractivity contribution in [3.63, 3.8) is 0 Å². The van der Waals surface area contributed by atoms with Gasteiger partial charge in [0.25, 0.3) is 0 Å². The number of nitrogens with zero attached hydrogens (tertiary/aromatic N) is 1. The molecule has 0 spiro atoms. The molecule has 3 nitrogen and oxygen atoms in total. The van der Waals surface area contributed by atoms with Crippen LogP contribution in [0.25, 0.3) is 0 Å². The first-order chi connectivity index (χ1) is 5.70. The van der Waals surface area contributed by atoms with E-state index in [1.165, 1.54) is 32.6 Å². The van der Waals surface area contributed by atoms with Gasteiger partial charge in [0, 0.05) is 13.0 Å². The van der Waals surface area contributed by atoms with Gasteiger partial charge in [-0.1, -0.05) is 12.8 Å². The molecule has 0 amide bonds. The summed E-state index contributed by atoms with van der Waals surface area (Å²) in [6.07, 6.45) is 5.12. The van der Waals surface area contributed by atoms with Crippen LogP contribution in [0, 0.1) is 0 Å². The third kappa shape index (κ3) is 2.81. The molecular formula is C9H17NO2. The van der Waals surface area contributed by atoms with E-state index in [0.717, 1.165) is 0 Å². The molecule has 0 aromatic carbocycles. The molecule has 0 bridgehead atoms. The summed E-state index contributed by atoms with van der Waals surface area (Å²) >= 11 is 0. The van der Waals surface area contributed by atoms with Crippen LogP contribution in [0.2, 0.25) is 0 Å². The fraction of sp³-hybridized carbons (Fsp3) is 0.889. The van der Waals surface area contributed by atoms with E-state index >= 15 is 0 Å². The van der Waals surface area contributed by atoms with Gasteiger partial charge < -0.3 is 4.74 Å². The van der Waals surface area contributed by atoms with Gasteiger partial charge in [0.2, 0.25) is 0 Å². The first kappa shape index (κ1) is 9.52. The monoisotopic (exact) mass is 171 g/mol. The molecular weight excluding hydrogens is 154 g/mol. The predicted octanol–water partition coefficient (Wildman–Crippen LogP) is 1.38. The van der Waals surface area contributed by atoms with Gasteiger partial charge in [-0.15, -0.1) is 0 Å². The molecule has 3 heteroatoms. The van der Waals surface area contributed by atoms with Gasteiger partial charge in [-0.05, 0) is 19.9 Å². The highest BCUT2D eigenvalue weighted by molar-refractivity contribution is 5.65. The second-order valence-corrected chi connectivity index (χ2v) is 3.46. The fourth-order valence-electron chi connectivity index (χ4n) is 1.64. The van der Waals surface area contributed by atoms with Crippen LogP contribution in [0.4, 0.5) is 0 Å². The van der Waals surface area contributed by atoms with Crippen molar-refractivity contribution in [1.29, 1.82) is 0 Å². The van der Waals surface area contributed by atoms with Crippen LogP contribution in [-0.2, 0) is 9.53 Å². The zero-order chi connectivity index (χ0) is 8.97. The Kier molecular flexibility index (Phi) is 3.53. The van der Waals surface area contributed by atoms with Crippen molar-refractivity contribution in [1.82, 2.24) is 4.90 Å². The Hall–Kier alpha value is -0.570. The second kappa shape index (κ2) is 4.45. The van der Waals surface area contributed by atoms with E-state index in [1.807, 2.05) is 7.05 Å². The van der Waals surface area contributed by atoms with Crippen LogP contribution in [0.1, 0.15) is 32.6 Å². The Morgan fingerprint density at radius 3 is 2.58 bits per heavy atom. The van der Waals surface area contributed by atoms with Crippen LogP contribution in [0.3, 0.4) is 0 Å². The van der Waals surface area contributed by atoms with E-state index < -0.39 is 0 Å². The number of carbonyl (C=O) groups is 1. The summed E-state index contributed by atoms with van der Waals surface area (Å²) < 4.78 is 4.90. The summed E-state index contributed by atoms with van der Waals surface area (Å²) in [6, 6.07) is 0.629. The van der Waals surface area contributed by atoms with Crippen molar-refractivity contribution in [2.75, 3.05) is 13.8 Å². The average molecular weight is 171 g/mol. The van der Waals surface area contributed by atoms with Crippen molar-refractivity contribution in [3.05, 3.63) is 0 Å². The van der Waals surface area contributed by atoms with Crippen molar-refractivity contribution in [3.8, 4) is 0 Å². The first-order valence-electron chi connectivity index (χ1n) is 4.54. The van der Waals surface area contributed by atoms with E-state index in [9.17, 15) is 4.79 Å². The third-order valence-electron chi connectivity index (χ3n) is 2.42. The van der Waals surface area contributed by atoms with Crippen LogP contribution in [-0.4, -0.2) is 30.7 Å². The van der Waals surface area contributed by atoms with Crippen molar-refractivity contribution >= 4 is 5.97 Å². The highest BCUT2D eigenvalue weighted by atomic mass is 16.5. The molecule has 0 radical (unpaired) electrons. The van der Waals surface area contributed by atoms with Gasteiger partial charge in [-0.2, -0.15) is 0 Å². The zero-order valence-corrected chi connectivity index (χ0v) is 7.88. The van der Waals surface area contributed by atoms with E-state index in [1.54, 1.807) is 0 Å². The lowest BCUT2D eigenvalue weighted by molar-refractivity contribution is -0.146. The van der Waals surface area contributed by atoms with Crippen LogP contribution in [0.5, 0.6) is 0 Å². The molecule has 1 fully saturated rings. The summed E-state index contributed by atoms with van der Waals surface area (Å²) in [6.45, 7) is 1.89. The first-order valence-corrected chi connectivity index (χ1v) is 4.54. The van der Waals surface area contributed by atoms with Gasteiger partial charge in [0.1, 0.15) is 6.73 Å². The molecule has 1 aliphatic carbocycles. The van der Waals surface area contributed by atoms with Gasteiger partial charge >= 0.3 is 5.97 Å². The molecule has 0 atom stereocenters. The Morgan fingerprint density at radius 2 is 2.08 bits per heavy atom. The van der Waals surface area contributed by atoms with Crippen molar-refractivity contribution in [2.24, 2.45) is 0 Å². The highest BCUT2D eigenvalue weighted by Gasteiger charge is 2.19. The molecule has 0 unspecified atom stereocenters. The standard InChI is InChI=1S/C9H17NO2/c1-8(11)12-7-10(2)9-5-3-4-6-9/h9H,3-7H2,1-2H3. The lowest BCUT2D eigenvalue weighted by Crippen LogP contribution is -2.32. The SMILES string of the molecule is CC(=O)OCN(C)C1CCCC1. The normalized spacial score (nSPS) is 18.6. The molecule has 12 heavy (non-hydrogen) atoms. The molecule has 70 valence electrons. The Balaban J connectivity index is 2.17. The van der Waals surface area contributed by atoms with Crippen molar-refractivity contribution < 1.29 is 9.53 Å². The largest absolute Gasteiger partial charge is 0.450 e. The molecule has 1 rings (SSSR count). The minimum absolute atomic E-state index is 0.195. The number of hydrogen-bond acceptors (Lipinski definition) is 3. The summed E-state index contributed by atoms with van der Waals surface area (Å²) in [5.74, 6) is -0.195. The van der Waals surface area contributed by atoms with Gasteiger partial charge in [0.15, 0.2) is 0 Å². The smallest absolute Gasteiger partial charge is 0.303 e. The summed E-state index contributed by atoms with van der Waals surface area (Å²) in [5.41, 5.74) is 0. The highest BCUT2D eigenvalue weighted by Crippen LogP contribution is 2.21. The van der Waals surface area contributed by atoms with Crippen LogP contribution < -0.4 is 0 Å². The summed E-state index contributed by atoms with van der Waals surface area (Å²) in [5, 5.41) is 0. The van der Waals surface area contributed by atoms with E-state index in [4.69, 9.17) is 4.74 Å². The maximum Gasteiger partial charge on any atom is 0.303 e. The topological polar surface area (TPSA) is 29.5 Å². The quantitative estimate of drug-likeness (QED) is 0.474. The molecule has 0 aromatic heterocycles. The second-order valence-electron chi connectivity index (χ2n) is 3.46. The predicted molar refractivity (Wildman–Crippen MR) is 46.7 cm³/mol. The van der Waals surface area contributed by atoms with E-state index in [-0.39, 0.29) is 5.97 Å². The number of hydrogen-bond donors (Lipinski definition) is 0. The maximum atomic E-state index is 10.5. The van der Waals surface area contributed by atoms with E-state index in [0.29, 0.717) is 12.8 Å². The van der Waals surface area contributed by atoms with Crippen LogP contribution in [0.15, 0.2) is 0 Å². The number of ether oxygens (including phenoxy) is 1. The number of carbonyl (C=O) groups excluding carboxylic acids is 1. The lowest BCUT2D eigenvalue weighted by atomic mass is 10.2. The Bertz CT molecular complexity index is 153. The third-order valence-corrected chi connectivity index (χ3v) is 2.42. The molecule has 1 saturated carbocycles. The van der Waals surface area contributed by atoms with E-state index in [2.05, 4.69) is 4.90 Å². The Morgan fingerprint density at radius 1 is 1.50 bits per heavy atom. The van der Waals surface area contributed by atoms with Gasteiger partial charge in [0.05, 0.1) is 0 Å². The van der Waals surface area contributed by atoms with Crippen molar-refractivity contribution in [2.45, 2.75) is 38.6 Å². The molecule has 0 aliphatic heterocycles. The minimum atomic E-state index is -0.195. The van der Waals surface area contributed by atoms with Gasteiger partial charge in [-0.25, -0.2) is 0 Å². The van der Waals surface area contributed by atoms with Crippen LogP contribution >= 0.6 is 0 Å². The molecule has 0 saturated heterocycles. The molecule has 0 aromatic rings. The summed E-state index contributed by atoms with van der Waals surface area (Å²) in [4.78, 5) is 12.6.